The predicted octanol–water partition coefficient (Wildman–Crippen LogP) is 3.90. The maximum atomic E-state index is 13.0. The molecule has 7 nitrogen and oxygen atoms in total. The Bertz CT molecular complexity index is 1200. The van der Waals surface area contributed by atoms with Crippen LogP contribution in [0.4, 0.5) is 5.82 Å². The fourth-order valence-electron chi connectivity index (χ4n) is 3.17. The Kier molecular flexibility index (Phi) is 4.87. The van der Waals surface area contributed by atoms with Crippen molar-refractivity contribution in [2.24, 2.45) is 7.05 Å². The van der Waals surface area contributed by atoms with Crippen LogP contribution >= 0.6 is 0 Å². The molecule has 0 radical (unpaired) electrons. The third-order valence-electron chi connectivity index (χ3n) is 4.60. The predicted molar refractivity (Wildman–Crippen MR) is 111 cm³/mol. The van der Waals surface area contributed by atoms with Gasteiger partial charge in [-0.2, -0.15) is 5.10 Å². The quantitative estimate of drug-likeness (QED) is 0.561. The van der Waals surface area contributed by atoms with Gasteiger partial charge >= 0.3 is 0 Å². The van der Waals surface area contributed by atoms with Crippen molar-refractivity contribution in [3.63, 3.8) is 0 Å². The van der Waals surface area contributed by atoms with Gasteiger partial charge in [-0.05, 0) is 30.3 Å². The lowest BCUT2D eigenvalue weighted by atomic mass is 10.0. The molecule has 0 aliphatic carbocycles. The van der Waals surface area contributed by atoms with Gasteiger partial charge in [0.1, 0.15) is 0 Å². The normalized spacial score (nSPS) is 10.7. The van der Waals surface area contributed by atoms with E-state index in [1.165, 1.54) is 0 Å². The summed E-state index contributed by atoms with van der Waals surface area (Å²) in [5, 5.41) is 7.83. The van der Waals surface area contributed by atoms with E-state index >= 15 is 0 Å². The molecular formula is C22H20N4O3. The van der Waals surface area contributed by atoms with Crippen molar-refractivity contribution < 1.29 is 14.3 Å². The van der Waals surface area contributed by atoms with Crippen LogP contribution in [0.1, 0.15) is 10.4 Å². The highest BCUT2D eigenvalue weighted by atomic mass is 16.5. The number of fused-ring (bicyclic) bond motifs is 1. The van der Waals surface area contributed by atoms with E-state index in [0.717, 1.165) is 16.5 Å². The first-order chi connectivity index (χ1) is 14.1. The van der Waals surface area contributed by atoms with Gasteiger partial charge in [0.15, 0.2) is 17.3 Å². The van der Waals surface area contributed by atoms with Gasteiger partial charge < -0.3 is 14.8 Å². The summed E-state index contributed by atoms with van der Waals surface area (Å²) in [5.41, 5.74) is 2.73. The van der Waals surface area contributed by atoms with Gasteiger partial charge in [0, 0.05) is 30.3 Å². The number of anilines is 1. The average Bonchev–Trinajstić information content (AvgIpc) is 3.16. The minimum absolute atomic E-state index is 0.246. The number of nitrogens with one attached hydrogen (secondary N) is 1. The molecule has 0 bridgehead atoms. The summed E-state index contributed by atoms with van der Waals surface area (Å²) in [6, 6.07) is 16.6. The van der Waals surface area contributed by atoms with Crippen LogP contribution in [-0.4, -0.2) is 34.9 Å². The summed E-state index contributed by atoms with van der Waals surface area (Å²) in [7, 11) is 4.97. The highest BCUT2D eigenvalue weighted by molar-refractivity contribution is 6.12. The number of para-hydroxylation sites is 1. The number of benzene rings is 2. The molecule has 0 saturated heterocycles. The lowest BCUT2D eigenvalue weighted by molar-refractivity contribution is 0.102. The maximum absolute atomic E-state index is 13.0. The zero-order valence-corrected chi connectivity index (χ0v) is 16.3. The lowest BCUT2D eigenvalue weighted by Gasteiger charge is -2.12. The van der Waals surface area contributed by atoms with Crippen molar-refractivity contribution >= 4 is 22.6 Å². The topological polar surface area (TPSA) is 78.3 Å². The van der Waals surface area contributed by atoms with Crippen LogP contribution in [0.3, 0.4) is 0 Å². The summed E-state index contributed by atoms with van der Waals surface area (Å²) in [6.07, 6.45) is 1.77. The molecule has 0 aliphatic heterocycles. The number of amides is 1. The minimum Gasteiger partial charge on any atom is -0.493 e. The number of hydrogen-bond acceptors (Lipinski definition) is 5. The molecule has 2 aromatic heterocycles. The Morgan fingerprint density at radius 1 is 1.00 bits per heavy atom. The first-order valence-electron chi connectivity index (χ1n) is 9.02. The third kappa shape index (κ3) is 3.62. The number of ether oxygens (including phenoxy) is 2. The van der Waals surface area contributed by atoms with E-state index in [1.54, 1.807) is 44.3 Å². The van der Waals surface area contributed by atoms with E-state index in [2.05, 4.69) is 10.4 Å². The smallest absolute Gasteiger partial charge is 0.257 e. The van der Waals surface area contributed by atoms with Crippen LogP contribution in [0, 0.1) is 0 Å². The SMILES string of the molecule is COc1ccc(-c2cc(C(=O)Nc3ccn(C)n3)c3ccccc3n2)cc1OC. The molecule has 4 rings (SSSR count). The number of carbonyl (C=O) groups is 1. The van der Waals surface area contributed by atoms with E-state index < -0.39 is 0 Å². The zero-order chi connectivity index (χ0) is 20.4. The summed E-state index contributed by atoms with van der Waals surface area (Å²) < 4.78 is 12.3. The molecule has 29 heavy (non-hydrogen) atoms. The Morgan fingerprint density at radius 3 is 2.52 bits per heavy atom. The number of aromatic nitrogens is 3. The average molecular weight is 388 g/mol. The van der Waals surface area contributed by atoms with Crippen molar-refractivity contribution in [2.45, 2.75) is 0 Å². The fourth-order valence-corrected chi connectivity index (χ4v) is 3.17. The van der Waals surface area contributed by atoms with Gasteiger partial charge in [-0.1, -0.05) is 18.2 Å². The molecular weight excluding hydrogens is 368 g/mol. The molecule has 1 N–H and O–H groups in total. The molecule has 2 aromatic carbocycles. The molecule has 146 valence electrons. The zero-order valence-electron chi connectivity index (χ0n) is 16.3. The first-order valence-corrected chi connectivity index (χ1v) is 9.02. The van der Waals surface area contributed by atoms with E-state index in [9.17, 15) is 4.79 Å². The molecule has 2 heterocycles. The Hall–Kier alpha value is -3.87. The van der Waals surface area contributed by atoms with Crippen molar-refractivity contribution in [3.8, 4) is 22.8 Å². The number of hydrogen-bond donors (Lipinski definition) is 1. The fraction of sp³-hybridized carbons (Fsp3) is 0.136. The number of carbonyl (C=O) groups excluding carboxylic acids is 1. The Balaban J connectivity index is 1.81. The Labute approximate surface area is 167 Å². The lowest BCUT2D eigenvalue weighted by Crippen LogP contribution is -2.13. The van der Waals surface area contributed by atoms with Crippen LogP contribution in [0.15, 0.2) is 60.8 Å². The standard InChI is InChI=1S/C22H20N4O3/c1-26-11-10-21(25-26)24-22(27)16-13-18(23-17-7-5-4-6-15(16)17)14-8-9-19(28-2)20(12-14)29-3/h4-13H,1-3H3,(H,24,25,27). The molecule has 4 aromatic rings. The molecule has 1 amide bonds. The number of methoxy groups -OCH3 is 2. The third-order valence-corrected chi connectivity index (χ3v) is 4.60. The monoisotopic (exact) mass is 388 g/mol. The van der Waals surface area contributed by atoms with Gasteiger partial charge in [-0.15, -0.1) is 0 Å². The van der Waals surface area contributed by atoms with E-state index in [0.29, 0.717) is 28.6 Å². The van der Waals surface area contributed by atoms with Crippen LogP contribution in [0.25, 0.3) is 22.2 Å². The summed E-state index contributed by atoms with van der Waals surface area (Å²) in [4.78, 5) is 17.7. The number of aryl methyl sites for hydroxylation is 1. The second-order valence-electron chi connectivity index (χ2n) is 6.47. The summed E-state index contributed by atoms with van der Waals surface area (Å²) in [5.74, 6) is 1.47. The molecule has 0 atom stereocenters. The van der Waals surface area contributed by atoms with Crippen LogP contribution in [-0.2, 0) is 7.05 Å². The molecule has 0 fully saturated rings. The highest BCUT2D eigenvalue weighted by Crippen LogP contribution is 2.33. The van der Waals surface area contributed by atoms with Gasteiger partial charge in [-0.25, -0.2) is 4.98 Å². The molecule has 0 saturated carbocycles. The number of nitrogens with zero attached hydrogens (tertiary/aromatic N) is 3. The van der Waals surface area contributed by atoms with E-state index in [-0.39, 0.29) is 5.91 Å². The van der Waals surface area contributed by atoms with Crippen LogP contribution in [0.2, 0.25) is 0 Å². The minimum atomic E-state index is -0.246. The largest absolute Gasteiger partial charge is 0.493 e. The van der Waals surface area contributed by atoms with Gasteiger partial charge in [0.2, 0.25) is 0 Å². The number of rotatable bonds is 5. The van der Waals surface area contributed by atoms with Crippen molar-refractivity contribution in [1.82, 2.24) is 14.8 Å². The summed E-state index contributed by atoms with van der Waals surface area (Å²) >= 11 is 0. The van der Waals surface area contributed by atoms with Gasteiger partial charge in [0.25, 0.3) is 5.91 Å². The van der Waals surface area contributed by atoms with Crippen LogP contribution in [0.5, 0.6) is 11.5 Å². The summed E-state index contributed by atoms with van der Waals surface area (Å²) in [6.45, 7) is 0. The van der Waals surface area contributed by atoms with Crippen molar-refractivity contribution in [1.29, 1.82) is 0 Å². The van der Waals surface area contributed by atoms with E-state index in [4.69, 9.17) is 14.5 Å². The second kappa shape index (κ2) is 7.63. The van der Waals surface area contributed by atoms with Gasteiger partial charge in [0.05, 0.1) is 31.0 Å². The molecule has 0 aliphatic rings. The Morgan fingerprint density at radius 2 is 1.79 bits per heavy atom. The highest BCUT2D eigenvalue weighted by Gasteiger charge is 2.16. The van der Waals surface area contributed by atoms with Crippen LogP contribution < -0.4 is 14.8 Å². The van der Waals surface area contributed by atoms with Crippen molar-refractivity contribution in [3.05, 3.63) is 66.4 Å². The molecule has 0 spiro atoms. The first kappa shape index (κ1) is 18.5. The van der Waals surface area contributed by atoms with E-state index in [1.807, 2.05) is 42.5 Å². The van der Waals surface area contributed by atoms with Gasteiger partial charge in [-0.3, -0.25) is 9.48 Å². The molecule has 7 heteroatoms. The maximum Gasteiger partial charge on any atom is 0.257 e. The number of pyridine rings is 1. The molecule has 0 unspecified atom stereocenters. The van der Waals surface area contributed by atoms with Crippen molar-refractivity contribution in [2.75, 3.05) is 19.5 Å². The second-order valence-corrected chi connectivity index (χ2v) is 6.47.